The van der Waals surface area contributed by atoms with E-state index in [4.69, 9.17) is 9.84 Å². The lowest BCUT2D eigenvalue weighted by molar-refractivity contribution is -0.142. The molecule has 0 bridgehead atoms. The maximum absolute atomic E-state index is 11.8. The van der Waals surface area contributed by atoms with Gasteiger partial charge in [0.1, 0.15) is 0 Å². The summed E-state index contributed by atoms with van der Waals surface area (Å²) in [6, 6.07) is 2.51. The number of carbonyl (C=O) groups excluding carboxylic acids is 1. The number of carboxylic acids is 1. The summed E-state index contributed by atoms with van der Waals surface area (Å²) in [5.74, 6) is -1.32. The number of amides is 1. The molecule has 2 N–H and O–H groups in total. The second-order valence-corrected chi connectivity index (χ2v) is 5.17. The van der Waals surface area contributed by atoms with Crippen LogP contribution >= 0.6 is 11.3 Å². The molecule has 0 spiro atoms. The molecule has 1 fully saturated rings. The van der Waals surface area contributed by atoms with Gasteiger partial charge in [0, 0.05) is 11.5 Å². The van der Waals surface area contributed by atoms with Gasteiger partial charge in [0.05, 0.1) is 12.5 Å². The Bertz CT molecular complexity index is 412. The van der Waals surface area contributed by atoms with Crippen LogP contribution in [0, 0.1) is 0 Å². The summed E-state index contributed by atoms with van der Waals surface area (Å²) >= 11 is 1.32. The highest BCUT2D eigenvalue weighted by Gasteiger charge is 2.25. The third-order valence-electron chi connectivity index (χ3n) is 2.82. The molecule has 2 heterocycles. The van der Waals surface area contributed by atoms with Gasteiger partial charge < -0.3 is 15.2 Å². The molecule has 6 heteroatoms. The van der Waals surface area contributed by atoms with E-state index in [-0.39, 0.29) is 18.4 Å². The zero-order valence-electron chi connectivity index (χ0n) is 9.80. The standard InChI is InChI=1S/C12H15NO4S/c14-10(7-8-3-1-5-17-8)13-11(12(15)16)9-4-2-6-18-9/h2,4,6,8,11H,1,3,5,7H2,(H,13,14)(H,15,16). The zero-order chi connectivity index (χ0) is 13.0. The molecule has 0 aromatic carbocycles. The van der Waals surface area contributed by atoms with Gasteiger partial charge in [0.2, 0.25) is 5.91 Å². The van der Waals surface area contributed by atoms with Crippen LogP contribution in [-0.4, -0.2) is 29.7 Å². The summed E-state index contributed by atoms with van der Waals surface area (Å²) in [7, 11) is 0. The number of carbonyl (C=O) groups is 2. The summed E-state index contributed by atoms with van der Waals surface area (Å²) in [5.41, 5.74) is 0. The number of rotatable bonds is 5. The Morgan fingerprint density at radius 2 is 2.44 bits per heavy atom. The third-order valence-corrected chi connectivity index (χ3v) is 3.75. The zero-order valence-corrected chi connectivity index (χ0v) is 10.6. The van der Waals surface area contributed by atoms with Crippen LogP contribution < -0.4 is 5.32 Å². The average molecular weight is 269 g/mol. The highest BCUT2D eigenvalue weighted by molar-refractivity contribution is 7.10. The van der Waals surface area contributed by atoms with E-state index in [1.165, 1.54) is 11.3 Å². The van der Waals surface area contributed by atoms with Crippen molar-refractivity contribution in [2.45, 2.75) is 31.4 Å². The smallest absolute Gasteiger partial charge is 0.331 e. The molecule has 1 aromatic rings. The molecule has 5 nitrogen and oxygen atoms in total. The number of aliphatic carboxylic acids is 1. The van der Waals surface area contributed by atoms with Crippen LogP contribution in [0.3, 0.4) is 0 Å². The molecule has 0 aliphatic carbocycles. The second kappa shape index (κ2) is 5.97. The quantitative estimate of drug-likeness (QED) is 0.850. The predicted molar refractivity (Wildman–Crippen MR) is 66.4 cm³/mol. The molecule has 2 unspecified atom stereocenters. The van der Waals surface area contributed by atoms with Crippen LogP contribution in [0.2, 0.25) is 0 Å². The second-order valence-electron chi connectivity index (χ2n) is 4.19. The fourth-order valence-electron chi connectivity index (χ4n) is 1.94. The van der Waals surface area contributed by atoms with E-state index in [1.54, 1.807) is 17.5 Å². The molecule has 98 valence electrons. The minimum absolute atomic E-state index is 0.0669. The molecule has 1 saturated heterocycles. The van der Waals surface area contributed by atoms with Gasteiger partial charge >= 0.3 is 5.97 Å². The summed E-state index contributed by atoms with van der Waals surface area (Å²) in [6.45, 7) is 0.686. The Morgan fingerprint density at radius 3 is 3.00 bits per heavy atom. The van der Waals surface area contributed by atoms with E-state index in [2.05, 4.69) is 5.32 Å². The van der Waals surface area contributed by atoms with Crippen molar-refractivity contribution in [2.24, 2.45) is 0 Å². The van der Waals surface area contributed by atoms with Crippen LogP contribution in [-0.2, 0) is 14.3 Å². The maximum Gasteiger partial charge on any atom is 0.331 e. The molecule has 0 saturated carbocycles. The predicted octanol–water partition coefficient (Wildman–Crippen LogP) is 1.56. The van der Waals surface area contributed by atoms with E-state index in [1.807, 2.05) is 0 Å². The number of thiophene rings is 1. The molecule has 1 aliphatic heterocycles. The van der Waals surface area contributed by atoms with Crippen LogP contribution in [0.1, 0.15) is 30.2 Å². The normalized spacial score (nSPS) is 20.6. The van der Waals surface area contributed by atoms with Crippen molar-refractivity contribution in [2.75, 3.05) is 6.61 Å². The topological polar surface area (TPSA) is 75.6 Å². The van der Waals surface area contributed by atoms with Crippen molar-refractivity contribution < 1.29 is 19.4 Å². The number of nitrogens with one attached hydrogen (secondary N) is 1. The lowest BCUT2D eigenvalue weighted by Gasteiger charge is -2.14. The van der Waals surface area contributed by atoms with E-state index < -0.39 is 12.0 Å². The maximum atomic E-state index is 11.8. The van der Waals surface area contributed by atoms with Crippen molar-refractivity contribution in [3.8, 4) is 0 Å². The highest BCUT2D eigenvalue weighted by atomic mass is 32.1. The summed E-state index contributed by atoms with van der Waals surface area (Å²) in [4.78, 5) is 23.5. The van der Waals surface area contributed by atoms with Crippen LogP contribution in [0.4, 0.5) is 0 Å². The first-order chi connectivity index (χ1) is 8.66. The molecule has 1 amide bonds. The van der Waals surface area contributed by atoms with Gasteiger partial charge in [0.25, 0.3) is 0 Å². The first-order valence-electron chi connectivity index (χ1n) is 5.84. The van der Waals surface area contributed by atoms with Gasteiger partial charge in [-0.25, -0.2) is 4.79 Å². The molecular weight excluding hydrogens is 254 g/mol. The Hall–Kier alpha value is -1.40. The van der Waals surface area contributed by atoms with Crippen molar-refractivity contribution in [3.05, 3.63) is 22.4 Å². The van der Waals surface area contributed by atoms with Gasteiger partial charge in [-0.2, -0.15) is 0 Å². The van der Waals surface area contributed by atoms with Gasteiger partial charge in [0.15, 0.2) is 6.04 Å². The Morgan fingerprint density at radius 1 is 1.61 bits per heavy atom. The largest absolute Gasteiger partial charge is 0.479 e. The van der Waals surface area contributed by atoms with Gasteiger partial charge in [-0.3, -0.25) is 4.79 Å². The van der Waals surface area contributed by atoms with Crippen LogP contribution in [0.25, 0.3) is 0 Å². The van der Waals surface area contributed by atoms with Gasteiger partial charge in [-0.1, -0.05) is 6.07 Å². The highest BCUT2D eigenvalue weighted by Crippen LogP contribution is 2.20. The SMILES string of the molecule is O=C(CC1CCCO1)NC(C(=O)O)c1cccs1. The molecule has 2 rings (SSSR count). The van der Waals surface area contributed by atoms with Crippen molar-refractivity contribution in [1.29, 1.82) is 0 Å². The monoisotopic (exact) mass is 269 g/mol. The van der Waals surface area contributed by atoms with Gasteiger partial charge in [-0.05, 0) is 24.3 Å². The lowest BCUT2D eigenvalue weighted by atomic mass is 10.1. The van der Waals surface area contributed by atoms with E-state index in [0.717, 1.165) is 12.8 Å². The number of carboxylic acid groups (broad SMARTS) is 1. The van der Waals surface area contributed by atoms with E-state index in [0.29, 0.717) is 11.5 Å². The fraction of sp³-hybridized carbons (Fsp3) is 0.500. The Labute approximate surface area is 109 Å². The number of hydrogen-bond acceptors (Lipinski definition) is 4. The van der Waals surface area contributed by atoms with Crippen LogP contribution in [0.5, 0.6) is 0 Å². The molecule has 2 atom stereocenters. The van der Waals surface area contributed by atoms with Crippen molar-refractivity contribution in [3.63, 3.8) is 0 Å². The number of hydrogen-bond donors (Lipinski definition) is 2. The summed E-state index contributed by atoms with van der Waals surface area (Å²) in [5, 5.41) is 13.4. The third kappa shape index (κ3) is 3.30. The Balaban J connectivity index is 1.92. The molecule has 18 heavy (non-hydrogen) atoms. The molecule has 0 radical (unpaired) electrons. The minimum atomic E-state index is -1.04. The van der Waals surface area contributed by atoms with Crippen molar-refractivity contribution in [1.82, 2.24) is 5.32 Å². The van der Waals surface area contributed by atoms with E-state index >= 15 is 0 Å². The first kappa shape index (κ1) is 13.0. The average Bonchev–Trinajstić information content (AvgIpc) is 2.97. The summed E-state index contributed by atoms with van der Waals surface area (Å²) in [6.07, 6.45) is 1.99. The minimum Gasteiger partial charge on any atom is -0.479 e. The van der Waals surface area contributed by atoms with Crippen LogP contribution in [0.15, 0.2) is 17.5 Å². The molecule has 1 aliphatic rings. The Kier molecular flexibility index (Phi) is 4.33. The molecule has 1 aromatic heterocycles. The molecular formula is C12H15NO4S. The van der Waals surface area contributed by atoms with Crippen molar-refractivity contribution >= 4 is 23.2 Å². The van der Waals surface area contributed by atoms with Gasteiger partial charge in [-0.15, -0.1) is 11.3 Å². The fourth-order valence-corrected chi connectivity index (χ4v) is 2.71. The lowest BCUT2D eigenvalue weighted by Crippen LogP contribution is -2.35. The van der Waals surface area contributed by atoms with E-state index in [9.17, 15) is 9.59 Å². The number of ether oxygens (including phenoxy) is 1. The first-order valence-corrected chi connectivity index (χ1v) is 6.72. The summed E-state index contributed by atoms with van der Waals surface area (Å²) < 4.78 is 5.35.